The third kappa shape index (κ3) is 2.15. The number of fused-ring (bicyclic) bond motifs is 3. The van der Waals surface area contributed by atoms with Crippen molar-refractivity contribution in [2.45, 2.75) is 39.2 Å². The summed E-state index contributed by atoms with van der Waals surface area (Å²) in [6, 6.07) is 7.87. The summed E-state index contributed by atoms with van der Waals surface area (Å²) < 4.78 is 7.33. The maximum atomic E-state index is 12.3. The zero-order valence-corrected chi connectivity index (χ0v) is 12.4. The maximum Gasteiger partial charge on any atom is 0.314 e. The molecule has 1 aliphatic rings. The predicted octanol–water partition coefficient (Wildman–Crippen LogP) is 3.28. The number of esters is 1. The molecule has 0 fully saturated rings. The Labute approximate surface area is 123 Å². The monoisotopic (exact) mass is 285 g/mol. The van der Waals surface area contributed by atoms with Crippen molar-refractivity contribution in [3.8, 4) is 0 Å². The van der Waals surface area contributed by atoms with Crippen LogP contribution < -0.4 is 0 Å². The minimum atomic E-state index is -0.329. The van der Waals surface area contributed by atoms with Gasteiger partial charge in [-0.15, -0.1) is 0 Å². The molecule has 1 aromatic heterocycles. The van der Waals surface area contributed by atoms with Crippen molar-refractivity contribution in [2.24, 2.45) is 0 Å². The third-order valence-corrected chi connectivity index (χ3v) is 4.14. The van der Waals surface area contributed by atoms with E-state index in [0.717, 1.165) is 36.0 Å². The van der Waals surface area contributed by atoms with Gasteiger partial charge in [0.15, 0.2) is 5.78 Å². The van der Waals surface area contributed by atoms with Crippen molar-refractivity contribution in [3.05, 3.63) is 35.5 Å². The quantitative estimate of drug-likeness (QED) is 0.642. The van der Waals surface area contributed by atoms with Crippen LogP contribution in [0.15, 0.2) is 24.3 Å². The number of aryl methyl sites for hydroxylation is 1. The molecule has 2 heterocycles. The molecule has 2 aromatic rings. The van der Waals surface area contributed by atoms with Gasteiger partial charge in [-0.2, -0.15) is 0 Å². The summed E-state index contributed by atoms with van der Waals surface area (Å²) in [5, 5.41) is 0.941. The molecule has 0 N–H and O–H groups in total. The Morgan fingerprint density at radius 2 is 2.10 bits per heavy atom. The highest BCUT2D eigenvalue weighted by Crippen LogP contribution is 2.38. The fourth-order valence-electron chi connectivity index (χ4n) is 3.36. The van der Waals surface area contributed by atoms with E-state index in [1.165, 1.54) is 0 Å². The second-order valence-corrected chi connectivity index (χ2v) is 5.43. The molecule has 21 heavy (non-hydrogen) atoms. The molecule has 0 radical (unpaired) electrons. The predicted molar refractivity (Wildman–Crippen MR) is 80.6 cm³/mol. The van der Waals surface area contributed by atoms with Crippen LogP contribution in [-0.2, 0) is 16.1 Å². The average Bonchev–Trinajstić information content (AvgIpc) is 2.82. The number of hydrogen-bond donors (Lipinski definition) is 0. The van der Waals surface area contributed by atoms with Crippen molar-refractivity contribution in [2.75, 3.05) is 6.61 Å². The van der Waals surface area contributed by atoms with Crippen LogP contribution in [0.2, 0.25) is 0 Å². The first-order valence-corrected chi connectivity index (χ1v) is 7.43. The van der Waals surface area contributed by atoms with Gasteiger partial charge in [0.2, 0.25) is 0 Å². The molecule has 4 nitrogen and oxygen atoms in total. The molecule has 0 aliphatic carbocycles. The van der Waals surface area contributed by atoms with E-state index in [0.29, 0.717) is 12.2 Å². The summed E-state index contributed by atoms with van der Waals surface area (Å²) >= 11 is 0. The lowest BCUT2D eigenvalue weighted by Gasteiger charge is -2.24. The van der Waals surface area contributed by atoms with Gasteiger partial charge in [0.25, 0.3) is 0 Å². The second-order valence-electron chi connectivity index (χ2n) is 5.43. The van der Waals surface area contributed by atoms with Crippen LogP contribution in [0.1, 0.15) is 48.7 Å². The van der Waals surface area contributed by atoms with Crippen LogP contribution in [-0.4, -0.2) is 22.9 Å². The number of Topliss-reactive ketones (excluding diaryl/α,β-unsaturated/α-hetero) is 1. The van der Waals surface area contributed by atoms with E-state index < -0.39 is 0 Å². The van der Waals surface area contributed by atoms with E-state index in [9.17, 15) is 9.59 Å². The molecular weight excluding hydrogens is 266 g/mol. The topological polar surface area (TPSA) is 48.3 Å². The van der Waals surface area contributed by atoms with Crippen molar-refractivity contribution in [1.29, 1.82) is 0 Å². The summed E-state index contributed by atoms with van der Waals surface area (Å²) in [7, 11) is 0. The normalized spacial score (nSPS) is 17.5. The second kappa shape index (κ2) is 5.35. The summed E-state index contributed by atoms with van der Waals surface area (Å²) in [5.41, 5.74) is 2.56. The summed E-state index contributed by atoms with van der Waals surface area (Å²) in [5.74, 6) is -0.537. The number of ether oxygens (including phenoxy) is 1. The van der Waals surface area contributed by atoms with Gasteiger partial charge in [-0.25, -0.2) is 0 Å². The molecule has 0 spiro atoms. The fourth-order valence-corrected chi connectivity index (χ4v) is 3.36. The molecule has 0 saturated heterocycles. The highest BCUT2D eigenvalue weighted by molar-refractivity contribution is 6.09. The Balaban J connectivity index is 2.26. The first kappa shape index (κ1) is 13.9. The largest absolute Gasteiger partial charge is 0.465 e. The summed E-state index contributed by atoms with van der Waals surface area (Å²) in [4.78, 5) is 24.4. The number of hydrogen-bond acceptors (Lipinski definition) is 3. The first-order valence-electron chi connectivity index (χ1n) is 7.43. The van der Waals surface area contributed by atoms with Gasteiger partial charge >= 0.3 is 5.97 Å². The summed E-state index contributed by atoms with van der Waals surface area (Å²) in [6.07, 6.45) is 1.67. The zero-order chi connectivity index (χ0) is 15.0. The van der Waals surface area contributed by atoms with Gasteiger partial charge in [-0.1, -0.05) is 18.2 Å². The maximum absolute atomic E-state index is 12.3. The van der Waals surface area contributed by atoms with Gasteiger partial charge in [-0.05, 0) is 32.8 Å². The first-order chi connectivity index (χ1) is 10.1. The molecule has 1 aromatic carbocycles. The number of rotatable bonds is 3. The van der Waals surface area contributed by atoms with Gasteiger partial charge in [0.05, 0.1) is 12.5 Å². The number of aromatic nitrogens is 1. The average molecular weight is 285 g/mol. The summed E-state index contributed by atoms with van der Waals surface area (Å²) in [6.45, 7) is 4.59. The van der Waals surface area contributed by atoms with Crippen LogP contribution in [0, 0.1) is 0 Å². The number of carbonyl (C=O) groups is 2. The Bertz CT molecular complexity index is 714. The Morgan fingerprint density at radius 3 is 2.81 bits per heavy atom. The SMILES string of the molecule is CCOC(=O)C1CCCn2c1c(C(C)=O)c1ccccc12. The standard InChI is InChI=1S/C17H19NO3/c1-3-21-17(20)13-8-6-10-18-14-9-5-4-7-12(14)15(11(2)19)16(13)18/h4-5,7,9,13H,3,6,8,10H2,1-2H3. The Kier molecular flexibility index (Phi) is 3.53. The van der Waals surface area contributed by atoms with Crippen molar-refractivity contribution in [1.82, 2.24) is 4.57 Å². The minimum Gasteiger partial charge on any atom is -0.465 e. The van der Waals surface area contributed by atoms with E-state index >= 15 is 0 Å². The van der Waals surface area contributed by atoms with Crippen molar-refractivity contribution < 1.29 is 14.3 Å². The lowest BCUT2D eigenvalue weighted by Crippen LogP contribution is -2.25. The number of carbonyl (C=O) groups excluding carboxylic acids is 2. The smallest absolute Gasteiger partial charge is 0.314 e. The minimum absolute atomic E-state index is 0.0103. The van der Waals surface area contributed by atoms with Crippen LogP contribution in [0.4, 0.5) is 0 Å². The lowest BCUT2D eigenvalue weighted by molar-refractivity contribution is -0.145. The molecule has 110 valence electrons. The van der Waals surface area contributed by atoms with E-state index in [1.807, 2.05) is 31.2 Å². The molecule has 1 unspecified atom stereocenters. The van der Waals surface area contributed by atoms with E-state index in [-0.39, 0.29) is 17.7 Å². The lowest BCUT2D eigenvalue weighted by atomic mass is 9.91. The van der Waals surface area contributed by atoms with Gasteiger partial charge < -0.3 is 9.30 Å². The molecule has 0 saturated carbocycles. The van der Waals surface area contributed by atoms with Crippen LogP contribution in [0.3, 0.4) is 0 Å². The number of nitrogens with zero attached hydrogens (tertiary/aromatic N) is 1. The van der Waals surface area contributed by atoms with Gasteiger partial charge in [0, 0.05) is 28.7 Å². The molecule has 0 amide bonds. The van der Waals surface area contributed by atoms with Gasteiger partial charge in [-0.3, -0.25) is 9.59 Å². The molecule has 1 aliphatic heterocycles. The van der Waals surface area contributed by atoms with Crippen molar-refractivity contribution >= 4 is 22.7 Å². The van der Waals surface area contributed by atoms with Gasteiger partial charge in [0.1, 0.15) is 0 Å². The molecular formula is C17H19NO3. The van der Waals surface area contributed by atoms with Crippen LogP contribution in [0.5, 0.6) is 0 Å². The van der Waals surface area contributed by atoms with E-state index in [4.69, 9.17) is 4.74 Å². The number of benzene rings is 1. The highest BCUT2D eigenvalue weighted by Gasteiger charge is 2.34. The molecule has 3 rings (SSSR count). The van der Waals surface area contributed by atoms with Crippen LogP contribution >= 0.6 is 0 Å². The van der Waals surface area contributed by atoms with Crippen molar-refractivity contribution in [3.63, 3.8) is 0 Å². The number of para-hydroxylation sites is 1. The zero-order valence-electron chi connectivity index (χ0n) is 12.4. The van der Waals surface area contributed by atoms with E-state index in [1.54, 1.807) is 6.92 Å². The Hall–Kier alpha value is -2.10. The molecule has 4 heteroatoms. The van der Waals surface area contributed by atoms with Crippen LogP contribution in [0.25, 0.3) is 10.9 Å². The molecule has 0 bridgehead atoms. The molecule has 1 atom stereocenters. The fraction of sp³-hybridized carbons (Fsp3) is 0.412. The highest BCUT2D eigenvalue weighted by atomic mass is 16.5. The third-order valence-electron chi connectivity index (χ3n) is 4.14. The van der Waals surface area contributed by atoms with E-state index in [2.05, 4.69) is 4.57 Å². The Morgan fingerprint density at radius 1 is 1.33 bits per heavy atom. The number of ketones is 1.